The molecule has 2 aromatic rings. The van der Waals surface area contributed by atoms with Crippen molar-refractivity contribution in [2.45, 2.75) is 19.4 Å². The SMILES string of the molecule is CCNC(Cc1cc(Br)ccc1F)c1cc(OC)ncn1. The number of nitrogens with one attached hydrogen (secondary N) is 1. The van der Waals surface area contributed by atoms with Crippen molar-refractivity contribution in [3.63, 3.8) is 0 Å². The molecule has 1 atom stereocenters. The molecule has 0 aliphatic rings. The molecule has 0 radical (unpaired) electrons. The first kappa shape index (κ1) is 15.9. The zero-order valence-electron chi connectivity index (χ0n) is 11.9. The van der Waals surface area contributed by atoms with Gasteiger partial charge in [0.25, 0.3) is 0 Å². The number of nitrogens with zero attached hydrogens (tertiary/aromatic N) is 2. The first-order valence-corrected chi connectivity index (χ1v) is 7.46. The smallest absolute Gasteiger partial charge is 0.216 e. The monoisotopic (exact) mass is 353 g/mol. The maximum atomic E-state index is 13.9. The van der Waals surface area contributed by atoms with Crippen LogP contribution in [0.3, 0.4) is 0 Å². The summed E-state index contributed by atoms with van der Waals surface area (Å²) >= 11 is 3.37. The molecule has 0 fully saturated rings. The average Bonchev–Trinajstić information content (AvgIpc) is 2.50. The van der Waals surface area contributed by atoms with Crippen LogP contribution in [0, 0.1) is 5.82 Å². The minimum atomic E-state index is -0.220. The second-order valence-electron chi connectivity index (χ2n) is 4.54. The van der Waals surface area contributed by atoms with Gasteiger partial charge in [-0.15, -0.1) is 0 Å². The maximum absolute atomic E-state index is 13.9. The van der Waals surface area contributed by atoms with Crippen molar-refractivity contribution in [2.24, 2.45) is 0 Å². The first-order valence-electron chi connectivity index (χ1n) is 6.67. The maximum Gasteiger partial charge on any atom is 0.216 e. The number of likely N-dealkylation sites (N-methyl/N-ethyl adjacent to an activating group) is 1. The highest BCUT2D eigenvalue weighted by Gasteiger charge is 2.16. The fraction of sp³-hybridized carbons (Fsp3) is 0.333. The van der Waals surface area contributed by atoms with E-state index in [4.69, 9.17) is 4.74 Å². The first-order chi connectivity index (χ1) is 10.1. The summed E-state index contributed by atoms with van der Waals surface area (Å²) in [6, 6.07) is 6.61. The van der Waals surface area contributed by atoms with Gasteiger partial charge in [0, 0.05) is 10.5 Å². The largest absolute Gasteiger partial charge is 0.481 e. The molecule has 0 amide bonds. The Hall–Kier alpha value is -1.53. The van der Waals surface area contributed by atoms with Gasteiger partial charge in [-0.05, 0) is 36.7 Å². The summed E-state index contributed by atoms with van der Waals surface area (Å²) in [5.74, 6) is 0.278. The van der Waals surface area contributed by atoms with Crippen LogP contribution in [0.1, 0.15) is 24.2 Å². The minimum Gasteiger partial charge on any atom is -0.481 e. The standard InChI is InChI=1S/C15H17BrFN3O/c1-3-18-13(14-8-15(21-2)20-9-19-14)7-10-6-11(16)4-5-12(10)17/h4-6,8-9,13,18H,3,7H2,1-2H3. The van der Waals surface area contributed by atoms with Gasteiger partial charge in [0.05, 0.1) is 18.8 Å². The summed E-state index contributed by atoms with van der Waals surface area (Å²) in [6.07, 6.45) is 1.95. The average molecular weight is 354 g/mol. The van der Waals surface area contributed by atoms with Crippen LogP contribution in [0.15, 0.2) is 35.1 Å². The van der Waals surface area contributed by atoms with Crippen LogP contribution in [0.4, 0.5) is 4.39 Å². The molecule has 112 valence electrons. The van der Waals surface area contributed by atoms with E-state index in [-0.39, 0.29) is 11.9 Å². The molecule has 1 aromatic carbocycles. The number of methoxy groups -OCH3 is 1. The molecule has 1 heterocycles. The number of aromatic nitrogens is 2. The van der Waals surface area contributed by atoms with Crippen LogP contribution in [0.2, 0.25) is 0 Å². The number of hydrogen-bond acceptors (Lipinski definition) is 4. The third kappa shape index (κ3) is 4.22. The van der Waals surface area contributed by atoms with Crippen molar-refractivity contribution >= 4 is 15.9 Å². The van der Waals surface area contributed by atoms with E-state index in [0.717, 1.165) is 16.7 Å². The summed E-state index contributed by atoms with van der Waals surface area (Å²) in [5.41, 5.74) is 1.41. The minimum absolute atomic E-state index is 0.101. The fourth-order valence-corrected chi connectivity index (χ4v) is 2.51. The quantitative estimate of drug-likeness (QED) is 0.865. The number of ether oxygens (including phenoxy) is 1. The highest BCUT2D eigenvalue weighted by Crippen LogP contribution is 2.23. The predicted molar refractivity (Wildman–Crippen MR) is 82.8 cm³/mol. The Morgan fingerprint density at radius 3 is 2.86 bits per heavy atom. The summed E-state index contributed by atoms with van der Waals surface area (Å²) < 4.78 is 19.9. The lowest BCUT2D eigenvalue weighted by Crippen LogP contribution is -2.24. The Balaban J connectivity index is 2.28. The Labute approximate surface area is 131 Å². The topological polar surface area (TPSA) is 47.0 Å². The van der Waals surface area contributed by atoms with E-state index < -0.39 is 0 Å². The summed E-state index contributed by atoms with van der Waals surface area (Å²) in [4.78, 5) is 8.26. The number of hydrogen-bond donors (Lipinski definition) is 1. The highest BCUT2D eigenvalue weighted by atomic mass is 79.9. The molecule has 6 heteroatoms. The molecule has 0 bridgehead atoms. The van der Waals surface area contributed by atoms with Crippen LogP contribution >= 0.6 is 15.9 Å². The lowest BCUT2D eigenvalue weighted by molar-refractivity contribution is 0.393. The van der Waals surface area contributed by atoms with Crippen molar-refractivity contribution in [1.29, 1.82) is 0 Å². The van der Waals surface area contributed by atoms with E-state index in [2.05, 4.69) is 31.2 Å². The summed E-state index contributed by atoms with van der Waals surface area (Å²) in [5, 5.41) is 3.32. The molecular formula is C15H17BrFN3O. The third-order valence-electron chi connectivity index (χ3n) is 3.11. The van der Waals surface area contributed by atoms with E-state index in [1.54, 1.807) is 25.3 Å². The second kappa shape index (κ2) is 7.47. The molecule has 0 aliphatic heterocycles. The lowest BCUT2D eigenvalue weighted by atomic mass is 10.0. The van der Waals surface area contributed by atoms with Gasteiger partial charge in [-0.2, -0.15) is 0 Å². The summed E-state index contributed by atoms with van der Waals surface area (Å²) in [7, 11) is 1.56. The van der Waals surface area contributed by atoms with Crippen molar-refractivity contribution in [1.82, 2.24) is 15.3 Å². The van der Waals surface area contributed by atoms with Gasteiger partial charge in [-0.3, -0.25) is 0 Å². The van der Waals surface area contributed by atoms with E-state index in [0.29, 0.717) is 17.9 Å². The molecule has 1 aromatic heterocycles. The van der Waals surface area contributed by atoms with Crippen LogP contribution in [0.25, 0.3) is 0 Å². The van der Waals surface area contributed by atoms with Gasteiger partial charge in [0.15, 0.2) is 0 Å². The van der Waals surface area contributed by atoms with Gasteiger partial charge in [0.1, 0.15) is 12.1 Å². The number of benzene rings is 1. The normalized spacial score (nSPS) is 12.2. The zero-order valence-corrected chi connectivity index (χ0v) is 13.5. The van der Waals surface area contributed by atoms with Crippen LogP contribution in [-0.2, 0) is 6.42 Å². The molecule has 1 N–H and O–H groups in total. The molecular weight excluding hydrogens is 337 g/mol. The number of rotatable bonds is 6. The predicted octanol–water partition coefficient (Wildman–Crippen LogP) is 3.28. The number of halogens is 2. The third-order valence-corrected chi connectivity index (χ3v) is 3.60. The van der Waals surface area contributed by atoms with Crippen molar-refractivity contribution in [3.05, 3.63) is 52.1 Å². The van der Waals surface area contributed by atoms with E-state index >= 15 is 0 Å². The Bertz CT molecular complexity index is 609. The molecule has 4 nitrogen and oxygen atoms in total. The van der Waals surface area contributed by atoms with Crippen molar-refractivity contribution < 1.29 is 9.13 Å². The molecule has 2 rings (SSSR count). The molecule has 0 spiro atoms. The Morgan fingerprint density at radius 1 is 1.33 bits per heavy atom. The molecule has 0 saturated heterocycles. The van der Waals surface area contributed by atoms with Gasteiger partial charge in [-0.25, -0.2) is 14.4 Å². The van der Waals surface area contributed by atoms with Gasteiger partial charge < -0.3 is 10.1 Å². The van der Waals surface area contributed by atoms with Crippen LogP contribution in [-0.4, -0.2) is 23.6 Å². The van der Waals surface area contributed by atoms with Crippen LogP contribution < -0.4 is 10.1 Å². The Morgan fingerprint density at radius 2 is 2.14 bits per heavy atom. The molecule has 21 heavy (non-hydrogen) atoms. The molecule has 0 aliphatic carbocycles. The molecule has 1 unspecified atom stereocenters. The molecule has 0 saturated carbocycles. The van der Waals surface area contributed by atoms with Crippen molar-refractivity contribution in [3.8, 4) is 5.88 Å². The van der Waals surface area contributed by atoms with E-state index in [1.807, 2.05) is 6.92 Å². The van der Waals surface area contributed by atoms with Crippen molar-refractivity contribution in [2.75, 3.05) is 13.7 Å². The Kier molecular flexibility index (Phi) is 5.64. The highest BCUT2D eigenvalue weighted by molar-refractivity contribution is 9.10. The zero-order chi connectivity index (χ0) is 15.2. The second-order valence-corrected chi connectivity index (χ2v) is 5.45. The fourth-order valence-electron chi connectivity index (χ4n) is 2.10. The van der Waals surface area contributed by atoms with Crippen LogP contribution in [0.5, 0.6) is 5.88 Å². The lowest BCUT2D eigenvalue weighted by Gasteiger charge is -2.18. The van der Waals surface area contributed by atoms with E-state index in [9.17, 15) is 4.39 Å². The summed E-state index contributed by atoms with van der Waals surface area (Å²) in [6.45, 7) is 2.76. The van der Waals surface area contributed by atoms with Gasteiger partial charge >= 0.3 is 0 Å². The van der Waals surface area contributed by atoms with E-state index in [1.165, 1.54) is 12.4 Å². The van der Waals surface area contributed by atoms with Gasteiger partial charge in [0.2, 0.25) is 5.88 Å². The van der Waals surface area contributed by atoms with Gasteiger partial charge in [-0.1, -0.05) is 22.9 Å².